The van der Waals surface area contributed by atoms with Crippen LogP contribution in [0.2, 0.25) is 0 Å². The van der Waals surface area contributed by atoms with Gasteiger partial charge in [-0.3, -0.25) is 4.79 Å². The third kappa shape index (κ3) is 1.92. The molecule has 0 amide bonds. The molecule has 0 unspecified atom stereocenters. The summed E-state index contributed by atoms with van der Waals surface area (Å²) in [5.41, 5.74) is 0.107. The summed E-state index contributed by atoms with van der Waals surface area (Å²) in [7, 11) is 3.01. The van der Waals surface area contributed by atoms with E-state index in [1.807, 2.05) is 0 Å². The molecule has 2 aromatic rings. The van der Waals surface area contributed by atoms with Crippen LogP contribution < -0.4 is 15.0 Å². The van der Waals surface area contributed by atoms with E-state index in [0.29, 0.717) is 22.4 Å². The lowest BCUT2D eigenvalue weighted by Crippen LogP contribution is -2.10. The second-order valence-electron chi connectivity index (χ2n) is 3.37. The molecule has 0 saturated carbocycles. The molecule has 6 heteroatoms. The minimum Gasteiger partial charge on any atom is -0.506 e. The number of aromatic amines is 1. The van der Waals surface area contributed by atoms with Crippen molar-refractivity contribution in [2.75, 3.05) is 14.2 Å². The van der Waals surface area contributed by atoms with Crippen LogP contribution in [-0.4, -0.2) is 24.3 Å². The zero-order chi connectivity index (χ0) is 12.6. The second-order valence-corrected chi connectivity index (χ2v) is 4.45. The molecule has 0 saturated heterocycles. The number of halogens is 1. The lowest BCUT2D eigenvalue weighted by molar-refractivity contribution is 0.396. The van der Waals surface area contributed by atoms with Gasteiger partial charge in [0.15, 0.2) is 0 Å². The molecule has 1 aromatic heterocycles. The molecule has 0 aliphatic rings. The van der Waals surface area contributed by atoms with Crippen LogP contribution in [-0.2, 0) is 0 Å². The van der Waals surface area contributed by atoms with Crippen LogP contribution in [0.5, 0.6) is 17.2 Å². The molecule has 0 radical (unpaired) electrons. The molecular weight excluding hydrogens is 337 g/mol. The quantitative estimate of drug-likeness (QED) is 0.814. The molecule has 0 bridgehead atoms. The SMILES string of the molecule is COc1cc(OC)c2[nH]c(=O)c(I)c(O)c2c1. The molecule has 0 aliphatic heterocycles. The smallest absolute Gasteiger partial charge is 0.265 e. The van der Waals surface area contributed by atoms with Gasteiger partial charge in [0, 0.05) is 11.5 Å². The highest BCUT2D eigenvalue weighted by atomic mass is 127. The molecule has 1 heterocycles. The van der Waals surface area contributed by atoms with Gasteiger partial charge < -0.3 is 19.6 Å². The van der Waals surface area contributed by atoms with Crippen molar-refractivity contribution in [1.29, 1.82) is 0 Å². The number of nitrogens with one attached hydrogen (secondary N) is 1. The van der Waals surface area contributed by atoms with E-state index in [0.717, 1.165) is 0 Å². The molecule has 2 N–H and O–H groups in total. The number of H-pyrrole nitrogens is 1. The molecule has 1 aromatic carbocycles. The summed E-state index contributed by atoms with van der Waals surface area (Å²) in [5, 5.41) is 10.4. The zero-order valence-corrected chi connectivity index (χ0v) is 11.4. The summed E-state index contributed by atoms with van der Waals surface area (Å²) < 4.78 is 10.5. The molecular formula is C11H10INO4. The fourth-order valence-electron chi connectivity index (χ4n) is 1.58. The first-order valence-electron chi connectivity index (χ1n) is 4.75. The average molecular weight is 347 g/mol. The summed E-state index contributed by atoms with van der Waals surface area (Å²) in [6.45, 7) is 0. The Labute approximate surface area is 111 Å². The van der Waals surface area contributed by atoms with Crippen LogP contribution in [0.25, 0.3) is 10.9 Å². The lowest BCUT2D eigenvalue weighted by Gasteiger charge is -2.10. The highest BCUT2D eigenvalue weighted by Crippen LogP contribution is 2.35. The van der Waals surface area contributed by atoms with Gasteiger partial charge in [-0.25, -0.2) is 0 Å². The van der Waals surface area contributed by atoms with Gasteiger partial charge >= 0.3 is 0 Å². The van der Waals surface area contributed by atoms with E-state index in [2.05, 4.69) is 4.98 Å². The summed E-state index contributed by atoms with van der Waals surface area (Å²) in [4.78, 5) is 14.2. The molecule has 17 heavy (non-hydrogen) atoms. The van der Waals surface area contributed by atoms with Gasteiger partial charge in [-0.1, -0.05) is 0 Å². The normalized spacial score (nSPS) is 10.5. The number of aromatic hydroxyl groups is 1. The van der Waals surface area contributed by atoms with Crippen molar-refractivity contribution in [3.63, 3.8) is 0 Å². The molecule has 5 nitrogen and oxygen atoms in total. The largest absolute Gasteiger partial charge is 0.506 e. The van der Waals surface area contributed by atoms with Crippen molar-refractivity contribution in [1.82, 2.24) is 4.98 Å². The standard InChI is InChI=1S/C11H10INO4/c1-16-5-3-6-9(7(4-5)17-2)13-11(15)8(12)10(6)14/h3-4H,1-2H3,(H2,13,14,15). The number of aromatic nitrogens is 1. The third-order valence-corrected chi connectivity index (χ3v) is 3.43. The molecule has 0 aliphatic carbocycles. The Morgan fingerprint density at radius 3 is 2.59 bits per heavy atom. The Bertz CT molecular complexity index is 635. The zero-order valence-electron chi connectivity index (χ0n) is 9.20. The predicted octanol–water partition coefficient (Wildman–Crippen LogP) is 1.86. The van der Waals surface area contributed by atoms with Crippen LogP contribution in [0.1, 0.15) is 0 Å². The first kappa shape index (κ1) is 12.0. The number of hydrogen-bond donors (Lipinski definition) is 2. The maximum absolute atomic E-state index is 11.6. The number of benzene rings is 1. The minimum atomic E-state index is -0.348. The molecule has 0 fully saturated rings. The van der Waals surface area contributed by atoms with Gasteiger partial charge in [-0.15, -0.1) is 0 Å². The molecule has 0 spiro atoms. The van der Waals surface area contributed by atoms with Gasteiger partial charge in [0.25, 0.3) is 5.56 Å². The summed E-state index contributed by atoms with van der Waals surface area (Å²) in [5.74, 6) is 0.928. The fraction of sp³-hybridized carbons (Fsp3) is 0.182. The van der Waals surface area contributed by atoms with Crippen molar-refractivity contribution in [3.05, 3.63) is 26.1 Å². The van der Waals surface area contributed by atoms with E-state index < -0.39 is 0 Å². The molecule has 2 rings (SSSR count). The Morgan fingerprint density at radius 2 is 2.00 bits per heavy atom. The van der Waals surface area contributed by atoms with Crippen LogP contribution in [0.4, 0.5) is 0 Å². The van der Waals surface area contributed by atoms with Crippen molar-refractivity contribution in [2.24, 2.45) is 0 Å². The molecule has 90 valence electrons. The Balaban J connectivity index is 2.94. The molecule has 0 atom stereocenters. The van der Waals surface area contributed by atoms with Crippen molar-refractivity contribution < 1.29 is 14.6 Å². The van der Waals surface area contributed by atoms with Gasteiger partial charge in [-0.05, 0) is 28.7 Å². The van der Waals surface area contributed by atoms with Crippen LogP contribution in [0.15, 0.2) is 16.9 Å². The highest BCUT2D eigenvalue weighted by Gasteiger charge is 2.14. The first-order valence-corrected chi connectivity index (χ1v) is 5.82. The third-order valence-electron chi connectivity index (χ3n) is 2.43. The van der Waals surface area contributed by atoms with E-state index in [4.69, 9.17) is 9.47 Å². The number of rotatable bonds is 2. The van der Waals surface area contributed by atoms with E-state index in [1.165, 1.54) is 14.2 Å². The lowest BCUT2D eigenvalue weighted by atomic mass is 10.2. The number of fused-ring (bicyclic) bond motifs is 1. The Kier molecular flexibility index (Phi) is 3.14. The second kappa shape index (κ2) is 4.44. The van der Waals surface area contributed by atoms with Crippen LogP contribution in [0.3, 0.4) is 0 Å². The summed E-state index contributed by atoms with van der Waals surface area (Å²) >= 11 is 1.79. The van der Waals surface area contributed by atoms with Crippen LogP contribution in [0, 0.1) is 3.57 Å². The van der Waals surface area contributed by atoms with Crippen LogP contribution >= 0.6 is 22.6 Å². The van der Waals surface area contributed by atoms with E-state index >= 15 is 0 Å². The van der Waals surface area contributed by atoms with Gasteiger partial charge in [-0.2, -0.15) is 0 Å². The summed E-state index contributed by atoms with van der Waals surface area (Å²) in [6, 6.07) is 3.29. The topological polar surface area (TPSA) is 71.5 Å². The monoisotopic (exact) mass is 347 g/mol. The van der Waals surface area contributed by atoms with E-state index in [-0.39, 0.29) is 14.9 Å². The maximum Gasteiger partial charge on any atom is 0.265 e. The number of ether oxygens (including phenoxy) is 2. The number of pyridine rings is 1. The van der Waals surface area contributed by atoms with Gasteiger partial charge in [0.2, 0.25) is 0 Å². The number of hydrogen-bond acceptors (Lipinski definition) is 4. The predicted molar refractivity (Wildman–Crippen MR) is 72.1 cm³/mol. The van der Waals surface area contributed by atoms with Gasteiger partial charge in [0.05, 0.1) is 19.7 Å². The van der Waals surface area contributed by atoms with Crippen molar-refractivity contribution in [3.8, 4) is 17.2 Å². The minimum absolute atomic E-state index is 0.0680. The highest BCUT2D eigenvalue weighted by molar-refractivity contribution is 14.1. The number of methoxy groups -OCH3 is 2. The van der Waals surface area contributed by atoms with Gasteiger partial charge in [0.1, 0.15) is 20.8 Å². The summed E-state index contributed by atoms with van der Waals surface area (Å²) in [6.07, 6.45) is 0. The van der Waals surface area contributed by atoms with E-state index in [1.54, 1.807) is 34.7 Å². The average Bonchev–Trinajstić information content (AvgIpc) is 2.35. The first-order chi connectivity index (χ1) is 8.08. The van der Waals surface area contributed by atoms with Crippen molar-refractivity contribution >= 4 is 33.5 Å². The fourth-order valence-corrected chi connectivity index (χ4v) is 2.00. The van der Waals surface area contributed by atoms with E-state index in [9.17, 15) is 9.90 Å². The maximum atomic E-state index is 11.6. The van der Waals surface area contributed by atoms with Crippen molar-refractivity contribution in [2.45, 2.75) is 0 Å². The Hall–Kier alpha value is -1.44. The Morgan fingerprint density at radius 1 is 1.29 bits per heavy atom.